The Hall–Kier alpha value is -5.18. The van der Waals surface area contributed by atoms with Crippen LogP contribution in [0.4, 0.5) is 0 Å². The molecule has 8 nitrogen and oxygen atoms in total. The molecule has 6 rings (SSSR count). The number of pyridine rings is 6. The highest BCUT2D eigenvalue weighted by Crippen LogP contribution is 2.30. The Morgan fingerprint density at radius 3 is 0.909 bits per heavy atom. The van der Waals surface area contributed by atoms with Gasteiger partial charge in [-0.2, -0.15) is 0 Å². The maximum absolute atomic E-state index is 4.80. The van der Waals surface area contributed by atoms with Crippen LogP contribution in [-0.2, 0) is 13.1 Å². The average Bonchev–Trinajstić information content (AvgIpc) is 3.10. The molecule has 6 aromatic rings. The summed E-state index contributed by atoms with van der Waals surface area (Å²) in [6.07, 6.45) is 11.1. The van der Waals surface area contributed by atoms with E-state index >= 15 is 0 Å². The van der Waals surface area contributed by atoms with Crippen LogP contribution in [-0.4, -0.2) is 52.8 Å². The van der Waals surface area contributed by atoms with Crippen molar-refractivity contribution in [1.82, 2.24) is 39.7 Å². The van der Waals surface area contributed by atoms with Crippen molar-refractivity contribution in [3.63, 3.8) is 0 Å². The predicted octanol–water partition coefficient (Wildman–Crippen LogP) is 5.94. The molecule has 0 unspecified atom stereocenters. The fourth-order valence-electron chi connectivity index (χ4n) is 5.46. The summed E-state index contributed by atoms with van der Waals surface area (Å²) in [4.78, 5) is 33.4. The molecule has 0 aliphatic heterocycles. The van der Waals surface area contributed by atoms with E-state index in [1.807, 2.05) is 110 Å². The molecule has 44 heavy (non-hydrogen) atoms. The van der Waals surface area contributed by atoms with E-state index < -0.39 is 0 Å². The highest BCUT2D eigenvalue weighted by atomic mass is 15.2. The van der Waals surface area contributed by atoms with Crippen molar-refractivity contribution in [2.75, 3.05) is 13.1 Å². The second-order valence-corrected chi connectivity index (χ2v) is 10.4. The Bertz CT molecular complexity index is 1450. The van der Waals surface area contributed by atoms with Gasteiger partial charge in [-0.3, -0.25) is 39.7 Å². The summed E-state index contributed by atoms with van der Waals surface area (Å²) < 4.78 is 0. The van der Waals surface area contributed by atoms with E-state index in [-0.39, 0.29) is 12.1 Å². The van der Waals surface area contributed by atoms with Gasteiger partial charge in [0.05, 0.1) is 46.2 Å². The SMILES string of the molecule is c1ccc(CN(CCN(Cc2ccccn2)C(c2ccccn2)c2ccccn2)C(c2ccccn2)c2ccccn2)nc1. The molecule has 0 fully saturated rings. The summed E-state index contributed by atoms with van der Waals surface area (Å²) in [5.41, 5.74) is 5.70. The van der Waals surface area contributed by atoms with Gasteiger partial charge in [-0.05, 0) is 72.8 Å². The fourth-order valence-corrected chi connectivity index (χ4v) is 5.46. The smallest absolute Gasteiger partial charge is 0.0953 e. The summed E-state index contributed by atoms with van der Waals surface area (Å²) >= 11 is 0. The minimum absolute atomic E-state index is 0.181. The Balaban J connectivity index is 1.40. The maximum Gasteiger partial charge on any atom is 0.0953 e. The molecular weight excluding hydrogens is 544 g/mol. The quantitative estimate of drug-likeness (QED) is 0.167. The minimum atomic E-state index is -0.181. The standard InChI is InChI=1S/C36H34N8/c1-7-19-37-29(13-1)27-43(35(31-15-3-9-21-39-31)32-16-4-10-22-40-32)25-26-44(28-30-14-2-8-20-38-30)36(33-17-5-11-23-41-33)34-18-6-12-24-42-34/h1-24,35-36H,25-28H2. The zero-order valence-electron chi connectivity index (χ0n) is 24.4. The first-order chi connectivity index (χ1) is 21.8. The lowest BCUT2D eigenvalue weighted by molar-refractivity contribution is 0.139. The molecule has 218 valence electrons. The predicted molar refractivity (Wildman–Crippen MR) is 170 cm³/mol. The van der Waals surface area contributed by atoms with Gasteiger partial charge in [-0.15, -0.1) is 0 Å². The van der Waals surface area contributed by atoms with E-state index in [0.717, 1.165) is 34.2 Å². The van der Waals surface area contributed by atoms with E-state index in [1.54, 1.807) is 0 Å². The Kier molecular flexibility index (Phi) is 9.74. The third kappa shape index (κ3) is 7.42. The molecule has 6 aromatic heterocycles. The molecule has 0 aromatic carbocycles. The van der Waals surface area contributed by atoms with Gasteiger partial charge in [0.1, 0.15) is 0 Å². The maximum atomic E-state index is 4.80. The molecule has 0 atom stereocenters. The van der Waals surface area contributed by atoms with E-state index in [4.69, 9.17) is 19.9 Å². The van der Waals surface area contributed by atoms with Crippen LogP contribution in [0.3, 0.4) is 0 Å². The van der Waals surface area contributed by atoms with Crippen LogP contribution in [0.5, 0.6) is 0 Å². The molecular formula is C36H34N8. The van der Waals surface area contributed by atoms with Crippen molar-refractivity contribution in [2.45, 2.75) is 25.2 Å². The van der Waals surface area contributed by atoms with Crippen molar-refractivity contribution in [1.29, 1.82) is 0 Å². The molecule has 6 heterocycles. The molecule has 0 radical (unpaired) electrons. The third-order valence-electron chi connectivity index (χ3n) is 7.46. The first-order valence-corrected chi connectivity index (χ1v) is 14.8. The van der Waals surface area contributed by atoms with E-state index in [0.29, 0.717) is 26.2 Å². The number of rotatable bonds is 13. The zero-order valence-corrected chi connectivity index (χ0v) is 24.4. The molecule has 0 bridgehead atoms. The molecule has 0 amide bonds. The average molecular weight is 579 g/mol. The summed E-state index contributed by atoms with van der Waals surface area (Å²) in [7, 11) is 0. The third-order valence-corrected chi connectivity index (χ3v) is 7.46. The number of hydrogen-bond donors (Lipinski definition) is 0. The molecule has 0 saturated heterocycles. The summed E-state index contributed by atoms with van der Waals surface area (Å²) in [5.74, 6) is 0. The van der Waals surface area contributed by atoms with Crippen molar-refractivity contribution in [3.05, 3.63) is 181 Å². The van der Waals surface area contributed by atoms with Crippen molar-refractivity contribution in [3.8, 4) is 0 Å². The summed E-state index contributed by atoms with van der Waals surface area (Å²) in [5, 5.41) is 0. The van der Waals surface area contributed by atoms with Gasteiger partial charge < -0.3 is 0 Å². The van der Waals surface area contributed by atoms with Gasteiger partial charge in [0, 0.05) is 63.4 Å². The normalized spacial score (nSPS) is 11.5. The van der Waals surface area contributed by atoms with E-state index in [2.05, 4.69) is 56.2 Å². The second-order valence-electron chi connectivity index (χ2n) is 10.4. The molecule has 0 aliphatic rings. The first-order valence-electron chi connectivity index (χ1n) is 14.8. The Morgan fingerprint density at radius 2 is 0.659 bits per heavy atom. The number of aromatic nitrogens is 6. The Labute approximate surface area is 258 Å². The summed E-state index contributed by atoms with van der Waals surface area (Å²) in [6.45, 7) is 2.62. The van der Waals surface area contributed by atoms with Gasteiger partial charge in [0.15, 0.2) is 0 Å². The molecule has 0 N–H and O–H groups in total. The lowest BCUT2D eigenvalue weighted by atomic mass is 10.0. The van der Waals surface area contributed by atoms with Crippen LogP contribution < -0.4 is 0 Å². The largest absolute Gasteiger partial charge is 0.283 e. The lowest BCUT2D eigenvalue weighted by Gasteiger charge is -2.36. The number of hydrogen-bond acceptors (Lipinski definition) is 8. The minimum Gasteiger partial charge on any atom is -0.283 e. The van der Waals surface area contributed by atoms with Crippen molar-refractivity contribution in [2.24, 2.45) is 0 Å². The Morgan fingerprint density at radius 1 is 0.364 bits per heavy atom. The van der Waals surface area contributed by atoms with Gasteiger partial charge in [0.25, 0.3) is 0 Å². The fraction of sp³-hybridized carbons (Fsp3) is 0.167. The van der Waals surface area contributed by atoms with Gasteiger partial charge >= 0.3 is 0 Å². The van der Waals surface area contributed by atoms with Crippen LogP contribution in [0.1, 0.15) is 46.2 Å². The van der Waals surface area contributed by atoms with E-state index in [1.165, 1.54) is 0 Å². The highest BCUT2D eigenvalue weighted by molar-refractivity contribution is 5.25. The van der Waals surface area contributed by atoms with Crippen LogP contribution in [0.2, 0.25) is 0 Å². The van der Waals surface area contributed by atoms with Gasteiger partial charge in [-0.1, -0.05) is 36.4 Å². The molecule has 0 saturated carbocycles. The zero-order chi connectivity index (χ0) is 29.8. The van der Waals surface area contributed by atoms with Crippen LogP contribution in [0.25, 0.3) is 0 Å². The topological polar surface area (TPSA) is 83.8 Å². The highest BCUT2D eigenvalue weighted by Gasteiger charge is 2.29. The van der Waals surface area contributed by atoms with Crippen LogP contribution in [0.15, 0.2) is 146 Å². The summed E-state index contributed by atoms with van der Waals surface area (Å²) in [6, 6.07) is 35.9. The monoisotopic (exact) mass is 578 g/mol. The van der Waals surface area contributed by atoms with E-state index in [9.17, 15) is 0 Å². The first kappa shape index (κ1) is 28.9. The lowest BCUT2D eigenvalue weighted by Crippen LogP contribution is -2.40. The van der Waals surface area contributed by atoms with Crippen LogP contribution >= 0.6 is 0 Å². The second kappa shape index (κ2) is 14.8. The van der Waals surface area contributed by atoms with Crippen LogP contribution in [0, 0.1) is 0 Å². The van der Waals surface area contributed by atoms with Crippen molar-refractivity contribution < 1.29 is 0 Å². The number of nitrogens with zero attached hydrogens (tertiary/aromatic N) is 8. The molecule has 0 aliphatic carbocycles. The van der Waals surface area contributed by atoms with Crippen molar-refractivity contribution >= 4 is 0 Å². The molecule has 8 heteroatoms. The molecule has 0 spiro atoms. The van der Waals surface area contributed by atoms with Gasteiger partial charge in [0.2, 0.25) is 0 Å². The van der Waals surface area contributed by atoms with Gasteiger partial charge in [-0.25, -0.2) is 0 Å².